The summed E-state index contributed by atoms with van der Waals surface area (Å²) in [6.45, 7) is 2.41. The van der Waals surface area contributed by atoms with Gasteiger partial charge in [0.25, 0.3) is 5.91 Å². The van der Waals surface area contributed by atoms with Crippen LogP contribution in [-0.2, 0) is 4.74 Å². The summed E-state index contributed by atoms with van der Waals surface area (Å²) in [5.74, 6) is 0.457. The van der Waals surface area contributed by atoms with Gasteiger partial charge in [-0.1, -0.05) is 11.6 Å². The molecule has 1 aromatic rings. The Kier molecular flexibility index (Phi) is 5.37. The van der Waals surface area contributed by atoms with Gasteiger partial charge in [0.15, 0.2) is 0 Å². The van der Waals surface area contributed by atoms with Gasteiger partial charge in [0, 0.05) is 26.8 Å². The topological polar surface area (TPSA) is 54.5 Å². The number of likely N-dealkylation sites (N-methyl/N-ethyl adjacent to an activating group) is 1. The number of rotatable bonds is 5. The van der Waals surface area contributed by atoms with E-state index < -0.39 is 0 Å². The molecule has 100 valence electrons. The molecule has 0 saturated heterocycles. The molecule has 1 atom stereocenters. The van der Waals surface area contributed by atoms with Crippen LogP contribution in [-0.4, -0.2) is 49.6 Å². The summed E-state index contributed by atoms with van der Waals surface area (Å²) in [6, 6.07) is 3.22. The maximum absolute atomic E-state index is 12.2. The van der Waals surface area contributed by atoms with Crippen molar-refractivity contribution in [2.24, 2.45) is 0 Å². The van der Waals surface area contributed by atoms with E-state index in [1.54, 1.807) is 38.2 Å². The second-order valence-electron chi connectivity index (χ2n) is 4.03. The number of halogens is 1. The lowest BCUT2D eigenvalue weighted by Gasteiger charge is -2.24. The number of aromatic nitrogens is 1. The highest BCUT2D eigenvalue weighted by molar-refractivity contribution is 6.29. The zero-order chi connectivity index (χ0) is 13.7. The van der Waals surface area contributed by atoms with Gasteiger partial charge in [-0.3, -0.25) is 4.79 Å². The number of nitrogens with zero attached hydrogens (tertiary/aromatic N) is 2. The minimum Gasteiger partial charge on any atom is -0.383 e. The molecular weight excluding hydrogens is 254 g/mol. The fourth-order valence-corrected chi connectivity index (χ4v) is 1.71. The van der Waals surface area contributed by atoms with Crippen molar-refractivity contribution in [2.75, 3.05) is 33.1 Å². The molecule has 5 nitrogen and oxygen atoms in total. The van der Waals surface area contributed by atoms with Crippen LogP contribution >= 0.6 is 11.6 Å². The number of methoxy groups -OCH3 is 1. The van der Waals surface area contributed by atoms with Crippen molar-refractivity contribution in [2.45, 2.75) is 13.0 Å². The van der Waals surface area contributed by atoms with Gasteiger partial charge in [0.1, 0.15) is 11.0 Å². The summed E-state index contributed by atoms with van der Waals surface area (Å²) in [5, 5.41) is 3.16. The largest absolute Gasteiger partial charge is 0.383 e. The van der Waals surface area contributed by atoms with Crippen LogP contribution in [0.3, 0.4) is 0 Å². The van der Waals surface area contributed by atoms with Crippen molar-refractivity contribution in [1.82, 2.24) is 9.88 Å². The first-order valence-electron chi connectivity index (χ1n) is 5.61. The van der Waals surface area contributed by atoms with Gasteiger partial charge in [-0.15, -0.1) is 0 Å². The third-order valence-corrected chi connectivity index (χ3v) is 2.88. The first-order chi connectivity index (χ1) is 8.49. The van der Waals surface area contributed by atoms with E-state index in [1.165, 1.54) is 0 Å². The summed E-state index contributed by atoms with van der Waals surface area (Å²) in [5.41, 5.74) is 0.504. The van der Waals surface area contributed by atoms with Crippen LogP contribution in [0.15, 0.2) is 12.1 Å². The van der Waals surface area contributed by atoms with Gasteiger partial charge in [-0.25, -0.2) is 4.98 Å². The van der Waals surface area contributed by atoms with Gasteiger partial charge < -0.3 is 15.0 Å². The number of hydrogen-bond acceptors (Lipinski definition) is 4. The quantitative estimate of drug-likeness (QED) is 0.831. The third kappa shape index (κ3) is 3.58. The Labute approximate surface area is 112 Å². The Morgan fingerprint density at radius 1 is 1.61 bits per heavy atom. The lowest BCUT2D eigenvalue weighted by molar-refractivity contribution is 0.0633. The molecule has 0 bridgehead atoms. The number of carbonyl (C=O) groups is 1. The normalized spacial score (nSPS) is 12.1. The first-order valence-corrected chi connectivity index (χ1v) is 5.98. The molecular formula is C12H18ClN3O2. The van der Waals surface area contributed by atoms with Crippen molar-refractivity contribution in [3.05, 3.63) is 22.8 Å². The summed E-state index contributed by atoms with van der Waals surface area (Å²) >= 11 is 5.87. The zero-order valence-electron chi connectivity index (χ0n) is 11.0. The average Bonchev–Trinajstić information content (AvgIpc) is 2.36. The number of anilines is 1. The first kappa shape index (κ1) is 14.7. The van der Waals surface area contributed by atoms with Gasteiger partial charge in [0.05, 0.1) is 12.6 Å². The predicted octanol–water partition coefficient (Wildman–Crippen LogP) is 1.88. The maximum atomic E-state index is 12.2. The van der Waals surface area contributed by atoms with E-state index in [0.717, 1.165) is 0 Å². The van der Waals surface area contributed by atoms with Crippen LogP contribution in [0.1, 0.15) is 17.3 Å². The molecule has 0 aliphatic carbocycles. The van der Waals surface area contributed by atoms with Gasteiger partial charge in [-0.2, -0.15) is 0 Å². The van der Waals surface area contributed by atoms with E-state index >= 15 is 0 Å². The molecule has 1 amide bonds. The molecule has 1 unspecified atom stereocenters. The molecule has 0 aliphatic rings. The molecule has 0 aromatic carbocycles. The van der Waals surface area contributed by atoms with E-state index in [1.807, 2.05) is 6.92 Å². The van der Waals surface area contributed by atoms with E-state index in [4.69, 9.17) is 16.3 Å². The SMILES string of the molecule is CNc1cc(C(=O)N(C)C(C)COC)cc(Cl)n1. The molecule has 1 rings (SSSR count). The molecule has 0 spiro atoms. The number of hydrogen-bond donors (Lipinski definition) is 1. The predicted molar refractivity (Wildman–Crippen MR) is 72.2 cm³/mol. The summed E-state index contributed by atoms with van der Waals surface area (Å²) in [4.78, 5) is 17.9. The lowest BCUT2D eigenvalue weighted by Crippen LogP contribution is -2.37. The molecule has 1 N–H and O–H groups in total. The summed E-state index contributed by atoms with van der Waals surface area (Å²) in [6.07, 6.45) is 0. The van der Waals surface area contributed by atoms with Gasteiger partial charge >= 0.3 is 0 Å². The van der Waals surface area contributed by atoms with Crippen LogP contribution in [0.5, 0.6) is 0 Å². The van der Waals surface area contributed by atoms with E-state index in [-0.39, 0.29) is 17.1 Å². The number of nitrogens with one attached hydrogen (secondary N) is 1. The van der Waals surface area contributed by atoms with Crippen LogP contribution in [0, 0.1) is 0 Å². The molecule has 0 saturated carbocycles. The number of amides is 1. The highest BCUT2D eigenvalue weighted by Gasteiger charge is 2.18. The second kappa shape index (κ2) is 6.56. The van der Waals surface area contributed by atoms with E-state index in [2.05, 4.69) is 10.3 Å². The molecule has 0 aliphatic heterocycles. The highest BCUT2D eigenvalue weighted by atomic mass is 35.5. The number of carbonyl (C=O) groups excluding carboxylic acids is 1. The monoisotopic (exact) mass is 271 g/mol. The highest BCUT2D eigenvalue weighted by Crippen LogP contribution is 2.16. The maximum Gasteiger partial charge on any atom is 0.254 e. The Bertz CT molecular complexity index is 426. The van der Waals surface area contributed by atoms with Gasteiger partial charge in [-0.05, 0) is 19.1 Å². The Morgan fingerprint density at radius 3 is 2.83 bits per heavy atom. The van der Waals surface area contributed by atoms with Crippen LogP contribution in [0.4, 0.5) is 5.82 Å². The smallest absolute Gasteiger partial charge is 0.254 e. The van der Waals surface area contributed by atoms with Crippen LogP contribution in [0.2, 0.25) is 5.15 Å². The molecule has 0 radical (unpaired) electrons. The van der Waals surface area contributed by atoms with Gasteiger partial charge in [0.2, 0.25) is 0 Å². The molecule has 1 aromatic heterocycles. The molecule has 1 heterocycles. The standard InChI is InChI=1S/C12H18ClN3O2/c1-8(7-18-4)16(3)12(17)9-5-10(13)15-11(6-9)14-2/h5-6,8H,7H2,1-4H3,(H,14,15). The minimum atomic E-state index is -0.111. The Balaban J connectivity index is 2.92. The minimum absolute atomic E-state index is 0.00697. The van der Waals surface area contributed by atoms with Crippen molar-refractivity contribution in [1.29, 1.82) is 0 Å². The van der Waals surface area contributed by atoms with Crippen molar-refractivity contribution >= 4 is 23.3 Å². The fraction of sp³-hybridized carbons (Fsp3) is 0.500. The summed E-state index contributed by atoms with van der Waals surface area (Å²) in [7, 11) is 5.07. The lowest BCUT2D eigenvalue weighted by atomic mass is 10.2. The van der Waals surface area contributed by atoms with Crippen molar-refractivity contribution < 1.29 is 9.53 Å². The van der Waals surface area contributed by atoms with E-state index in [0.29, 0.717) is 18.0 Å². The Hall–Kier alpha value is -1.33. The molecule has 0 fully saturated rings. The van der Waals surface area contributed by atoms with E-state index in [9.17, 15) is 4.79 Å². The summed E-state index contributed by atoms with van der Waals surface area (Å²) < 4.78 is 5.03. The van der Waals surface area contributed by atoms with Crippen LogP contribution in [0.25, 0.3) is 0 Å². The number of pyridine rings is 1. The Morgan fingerprint density at radius 2 is 2.28 bits per heavy atom. The molecule has 18 heavy (non-hydrogen) atoms. The average molecular weight is 272 g/mol. The third-order valence-electron chi connectivity index (χ3n) is 2.69. The zero-order valence-corrected chi connectivity index (χ0v) is 11.8. The van der Waals surface area contributed by atoms with Crippen LogP contribution < -0.4 is 5.32 Å². The molecule has 6 heteroatoms. The van der Waals surface area contributed by atoms with Crippen molar-refractivity contribution in [3.8, 4) is 0 Å². The second-order valence-corrected chi connectivity index (χ2v) is 4.42. The fourth-order valence-electron chi connectivity index (χ4n) is 1.51. The number of ether oxygens (including phenoxy) is 1. The van der Waals surface area contributed by atoms with Crippen molar-refractivity contribution in [3.63, 3.8) is 0 Å².